The number of carbonyl (C=O) groups is 1. The largest absolute Gasteiger partial charge is 0.479 e. The Hall–Kier alpha value is -2.41. The first-order valence-corrected chi connectivity index (χ1v) is 8.06. The summed E-state index contributed by atoms with van der Waals surface area (Å²) in [6.45, 7) is 3.52. The van der Waals surface area contributed by atoms with Crippen molar-refractivity contribution in [1.29, 1.82) is 0 Å². The van der Waals surface area contributed by atoms with E-state index in [4.69, 9.17) is 25.8 Å². The lowest BCUT2D eigenvalue weighted by Crippen LogP contribution is -2.25. The van der Waals surface area contributed by atoms with E-state index in [2.05, 4.69) is 0 Å². The van der Waals surface area contributed by atoms with E-state index < -0.39 is 28.8 Å². The van der Waals surface area contributed by atoms with Crippen molar-refractivity contribution in [3.05, 3.63) is 53.1 Å². The predicted octanol–water partition coefficient (Wildman–Crippen LogP) is 5.48. The molecule has 8 heteroatoms. The normalized spacial score (nSPS) is 12.4. The molecule has 140 valence electrons. The van der Waals surface area contributed by atoms with Crippen LogP contribution < -0.4 is 9.47 Å². The molecule has 0 amide bonds. The second-order valence-corrected chi connectivity index (χ2v) is 5.63. The Bertz CT molecular complexity index is 760. The molecule has 0 aromatic heterocycles. The Morgan fingerprint density at radius 1 is 1.08 bits per heavy atom. The third kappa shape index (κ3) is 5.29. The van der Waals surface area contributed by atoms with Gasteiger partial charge in [-0.25, -0.2) is 4.79 Å². The Morgan fingerprint density at radius 2 is 1.65 bits per heavy atom. The van der Waals surface area contributed by atoms with Gasteiger partial charge in [-0.2, -0.15) is 13.2 Å². The molecule has 0 fully saturated rings. The minimum Gasteiger partial charge on any atom is -0.479 e. The molecule has 2 aromatic carbocycles. The maximum absolute atomic E-state index is 12.7. The lowest BCUT2D eigenvalue weighted by Gasteiger charge is -2.14. The number of ether oxygens (including phenoxy) is 3. The van der Waals surface area contributed by atoms with E-state index >= 15 is 0 Å². The van der Waals surface area contributed by atoms with Crippen molar-refractivity contribution in [3.8, 4) is 17.2 Å². The second-order valence-electron chi connectivity index (χ2n) is 5.23. The number of benzene rings is 2. The molecular weight excluding hydrogens is 373 g/mol. The Kier molecular flexibility index (Phi) is 6.37. The quantitative estimate of drug-likeness (QED) is 0.614. The van der Waals surface area contributed by atoms with Crippen LogP contribution in [0.4, 0.5) is 13.2 Å². The first-order valence-electron chi connectivity index (χ1n) is 7.68. The molecule has 0 saturated heterocycles. The maximum atomic E-state index is 12.7. The van der Waals surface area contributed by atoms with Gasteiger partial charge in [0.15, 0.2) is 6.10 Å². The highest BCUT2D eigenvalue weighted by atomic mass is 35.5. The van der Waals surface area contributed by atoms with Crippen molar-refractivity contribution >= 4 is 17.6 Å². The molecule has 0 aliphatic carbocycles. The van der Waals surface area contributed by atoms with Crippen molar-refractivity contribution in [1.82, 2.24) is 0 Å². The summed E-state index contributed by atoms with van der Waals surface area (Å²) >= 11 is 5.65. The molecule has 0 bridgehead atoms. The molecule has 0 aliphatic heterocycles. The van der Waals surface area contributed by atoms with Crippen molar-refractivity contribution in [2.45, 2.75) is 26.1 Å². The molecular formula is C18H16ClF3O4. The smallest absolute Gasteiger partial charge is 0.417 e. The second kappa shape index (κ2) is 8.31. The van der Waals surface area contributed by atoms with E-state index in [0.29, 0.717) is 11.5 Å². The summed E-state index contributed by atoms with van der Waals surface area (Å²) < 4.78 is 53.8. The van der Waals surface area contributed by atoms with Crippen LogP contribution in [0.5, 0.6) is 17.2 Å². The van der Waals surface area contributed by atoms with Gasteiger partial charge in [-0.05, 0) is 50.2 Å². The van der Waals surface area contributed by atoms with Gasteiger partial charge in [0.05, 0.1) is 17.2 Å². The van der Waals surface area contributed by atoms with Crippen LogP contribution in [-0.2, 0) is 15.7 Å². The monoisotopic (exact) mass is 388 g/mol. The highest BCUT2D eigenvalue weighted by molar-refractivity contribution is 6.31. The van der Waals surface area contributed by atoms with Crippen molar-refractivity contribution in [2.75, 3.05) is 6.61 Å². The molecule has 0 spiro atoms. The summed E-state index contributed by atoms with van der Waals surface area (Å²) in [5.74, 6) is 0.476. The number of hydrogen-bond donors (Lipinski definition) is 0. The van der Waals surface area contributed by atoms with Gasteiger partial charge in [0.2, 0.25) is 0 Å². The average molecular weight is 389 g/mol. The first-order chi connectivity index (χ1) is 12.2. The van der Waals surface area contributed by atoms with E-state index in [9.17, 15) is 18.0 Å². The Balaban J connectivity index is 2.03. The summed E-state index contributed by atoms with van der Waals surface area (Å²) in [7, 11) is 0. The molecule has 0 saturated carbocycles. The van der Waals surface area contributed by atoms with Crippen molar-refractivity contribution < 1.29 is 32.2 Å². The fourth-order valence-corrected chi connectivity index (χ4v) is 2.30. The molecule has 1 atom stereocenters. The number of carbonyl (C=O) groups excluding carboxylic acids is 1. The maximum Gasteiger partial charge on any atom is 0.417 e. The lowest BCUT2D eigenvalue weighted by atomic mass is 10.2. The van der Waals surface area contributed by atoms with Crippen LogP contribution in [0, 0.1) is 0 Å². The molecule has 26 heavy (non-hydrogen) atoms. The third-order valence-electron chi connectivity index (χ3n) is 3.24. The SMILES string of the molecule is CCOC(=O)C(C)Oc1ccc(Oc2ccc(C(F)(F)F)c(Cl)c2)cc1. The lowest BCUT2D eigenvalue weighted by molar-refractivity contribution is -0.150. The van der Waals surface area contributed by atoms with Crippen LogP contribution in [-0.4, -0.2) is 18.7 Å². The van der Waals surface area contributed by atoms with E-state index in [-0.39, 0.29) is 12.4 Å². The zero-order valence-electron chi connectivity index (χ0n) is 14.0. The molecule has 2 aromatic rings. The summed E-state index contributed by atoms with van der Waals surface area (Å²) in [5, 5.41) is -0.446. The van der Waals surface area contributed by atoms with Crippen LogP contribution >= 0.6 is 11.6 Å². The minimum absolute atomic E-state index is 0.163. The summed E-state index contributed by atoms with van der Waals surface area (Å²) in [6.07, 6.45) is -5.29. The molecule has 1 unspecified atom stereocenters. The summed E-state index contributed by atoms with van der Waals surface area (Å²) in [5.41, 5.74) is -0.928. The van der Waals surface area contributed by atoms with Gasteiger partial charge in [-0.1, -0.05) is 11.6 Å². The molecule has 4 nitrogen and oxygen atoms in total. The average Bonchev–Trinajstić information content (AvgIpc) is 2.55. The number of rotatable bonds is 6. The van der Waals surface area contributed by atoms with Gasteiger partial charge >= 0.3 is 12.1 Å². The Labute approximate surface area is 153 Å². The minimum atomic E-state index is -4.52. The fraction of sp³-hybridized carbons (Fsp3) is 0.278. The molecule has 0 radical (unpaired) electrons. The number of esters is 1. The molecule has 2 rings (SSSR count). The van der Waals surface area contributed by atoms with E-state index in [0.717, 1.165) is 12.1 Å². The van der Waals surface area contributed by atoms with Crippen LogP contribution in [0.1, 0.15) is 19.4 Å². The van der Waals surface area contributed by atoms with E-state index in [1.165, 1.54) is 6.07 Å². The standard InChI is InChI=1S/C18H16ClF3O4/c1-3-24-17(23)11(2)25-12-4-6-13(7-5-12)26-14-8-9-15(16(19)10-14)18(20,21)22/h4-11H,3H2,1-2H3. The van der Waals surface area contributed by atoms with Gasteiger partial charge < -0.3 is 14.2 Å². The van der Waals surface area contributed by atoms with Gasteiger partial charge in [-0.3, -0.25) is 0 Å². The molecule has 0 N–H and O–H groups in total. The van der Waals surface area contributed by atoms with E-state index in [1.807, 2.05) is 0 Å². The fourth-order valence-electron chi connectivity index (χ4n) is 2.02. The van der Waals surface area contributed by atoms with Gasteiger partial charge in [0.1, 0.15) is 17.2 Å². The number of hydrogen-bond acceptors (Lipinski definition) is 4. The molecule has 0 aliphatic rings. The zero-order chi connectivity index (χ0) is 19.3. The highest BCUT2D eigenvalue weighted by Crippen LogP contribution is 2.37. The number of alkyl halides is 3. The van der Waals surface area contributed by atoms with Gasteiger partial charge in [0, 0.05) is 6.07 Å². The van der Waals surface area contributed by atoms with Crippen molar-refractivity contribution in [2.24, 2.45) is 0 Å². The summed E-state index contributed by atoms with van der Waals surface area (Å²) in [6, 6.07) is 9.38. The number of halogens is 4. The Morgan fingerprint density at radius 3 is 2.19 bits per heavy atom. The van der Waals surface area contributed by atoms with Crippen molar-refractivity contribution in [3.63, 3.8) is 0 Å². The van der Waals surface area contributed by atoms with Gasteiger partial charge in [0.25, 0.3) is 0 Å². The topological polar surface area (TPSA) is 44.8 Å². The predicted molar refractivity (Wildman–Crippen MR) is 89.7 cm³/mol. The van der Waals surface area contributed by atoms with Crippen LogP contribution in [0.15, 0.2) is 42.5 Å². The first kappa shape index (κ1) is 19.9. The van der Waals surface area contributed by atoms with Crippen LogP contribution in [0.2, 0.25) is 5.02 Å². The zero-order valence-corrected chi connectivity index (χ0v) is 14.7. The summed E-state index contributed by atoms with van der Waals surface area (Å²) in [4.78, 5) is 11.5. The van der Waals surface area contributed by atoms with Crippen LogP contribution in [0.3, 0.4) is 0 Å². The molecule has 0 heterocycles. The van der Waals surface area contributed by atoms with E-state index in [1.54, 1.807) is 38.1 Å². The third-order valence-corrected chi connectivity index (χ3v) is 3.55. The van der Waals surface area contributed by atoms with Gasteiger partial charge in [-0.15, -0.1) is 0 Å². The highest BCUT2D eigenvalue weighted by Gasteiger charge is 2.33. The van der Waals surface area contributed by atoms with Crippen LogP contribution in [0.25, 0.3) is 0 Å².